The second-order valence-corrected chi connectivity index (χ2v) is 6.60. The fourth-order valence-corrected chi connectivity index (χ4v) is 3.42. The van der Waals surface area contributed by atoms with Crippen LogP contribution in [0.5, 0.6) is 0 Å². The van der Waals surface area contributed by atoms with E-state index in [4.69, 9.17) is 12.3 Å². The predicted octanol–water partition coefficient (Wildman–Crippen LogP) is 3.10. The molecule has 1 saturated heterocycles. The number of halogens is 1. The van der Waals surface area contributed by atoms with Crippen LogP contribution < -0.4 is 10.6 Å². The topological polar surface area (TPSA) is 64.3 Å². The Bertz CT molecular complexity index is 972. The number of imidazole rings is 1. The second-order valence-electron chi connectivity index (χ2n) is 6.60. The molecule has 0 amide bonds. The standard InChI is InChI=1S/C19H19FN6/c1-22-15-5-6-16(23-10-15)12-26-18-7-4-13(20)9-17(18)24-19(26)25-8-2-3-14(21)11-25/h4-7,9-10,14H,2-3,8,11-12,21H2/t14-/m0/s1. The molecule has 7 heteroatoms. The summed E-state index contributed by atoms with van der Waals surface area (Å²) in [6.45, 7) is 9.15. The summed E-state index contributed by atoms with van der Waals surface area (Å²) in [4.78, 5) is 14.6. The van der Waals surface area contributed by atoms with Gasteiger partial charge in [0.1, 0.15) is 5.82 Å². The zero-order valence-corrected chi connectivity index (χ0v) is 14.3. The van der Waals surface area contributed by atoms with Gasteiger partial charge in [0.05, 0.1) is 29.8 Å². The minimum Gasteiger partial charge on any atom is -0.341 e. The van der Waals surface area contributed by atoms with E-state index < -0.39 is 0 Å². The van der Waals surface area contributed by atoms with E-state index in [1.54, 1.807) is 18.3 Å². The van der Waals surface area contributed by atoms with Crippen molar-refractivity contribution in [3.05, 3.63) is 59.5 Å². The summed E-state index contributed by atoms with van der Waals surface area (Å²) in [7, 11) is 0. The first-order valence-electron chi connectivity index (χ1n) is 8.63. The van der Waals surface area contributed by atoms with Gasteiger partial charge in [0.15, 0.2) is 0 Å². The van der Waals surface area contributed by atoms with Crippen LogP contribution in [0.4, 0.5) is 16.0 Å². The summed E-state index contributed by atoms with van der Waals surface area (Å²) in [5.41, 5.74) is 8.95. The molecule has 2 aromatic heterocycles. The number of fused-ring (bicyclic) bond motifs is 1. The van der Waals surface area contributed by atoms with Crippen LogP contribution in [0.25, 0.3) is 15.9 Å². The fraction of sp³-hybridized carbons (Fsp3) is 0.316. The molecule has 0 radical (unpaired) electrons. The molecule has 0 saturated carbocycles. The highest BCUT2D eigenvalue weighted by Gasteiger charge is 2.23. The summed E-state index contributed by atoms with van der Waals surface area (Å²) < 4.78 is 15.7. The second kappa shape index (κ2) is 6.73. The molecule has 0 aliphatic carbocycles. The van der Waals surface area contributed by atoms with Crippen molar-refractivity contribution in [2.45, 2.75) is 25.4 Å². The Morgan fingerprint density at radius 2 is 2.19 bits per heavy atom. The minimum atomic E-state index is -0.302. The number of nitrogens with zero attached hydrogens (tertiary/aromatic N) is 5. The molecule has 0 bridgehead atoms. The summed E-state index contributed by atoms with van der Waals surface area (Å²) in [6.07, 6.45) is 3.58. The van der Waals surface area contributed by atoms with Gasteiger partial charge in [0.25, 0.3) is 0 Å². The van der Waals surface area contributed by atoms with Gasteiger partial charge < -0.3 is 15.2 Å². The van der Waals surface area contributed by atoms with Crippen LogP contribution in [0.1, 0.15) is 18.5 Å². The molecule has 6 nitrogen and oxygen atoms in total. The van der Waals surface area contributed by atoms with Crippen molar-refractivity contribution in [3.8, 4) is 0 Å². The van der Waals surface area contributed by atoms with Crippen molar-refractivity contribution < 1.29 is 4.39 Å². The molecule has 1 fully saturated rings. The Morgan fingerprint density at radius 1 is 1.31 bits per heavy atom. The van der Waals surface area contributed by atoms with Crippen LogP contribution >= 0.6 is 0 Å². The molecule has 4 rings (SSSR count). The summed E-state index contributed by atoms with van der Waals surface area (Å²) in [5.74, 6) is 0.486. The number of rotatable bonds is 3. The monoisotopic (exact) mass is 350 g/mol. The number of aromatic nitrogens is 3. The molecule has 1 aliphatic rings. The molecule has 0 unspecified atom stereocenters. The summed E-state index contributed by atoms with van der Waals surface area (Å²) >= 11 is 0. The van der Waals surface area contributed by atoms with Crippen LogP contribution in [0, 0.1) is 12.4 Å². The summed E-state index contributed by atoms with van der Waals surface area (Å²) in [6, 6.07) is 8.36. The smallest absolute Gasteiger partial charge is 0.206 e. The Labute approximate surface area is 150 Å². The number of pyridine rings is 1. The van der Waals surface area contributed by atoms with E-state index in [1.807, 2.05) is 10.6 Å². The molecule has 1 atom stereocenters. The quantitative estimate of drug-likeness (QED) is 0.737. The highest BCUT2D eigenvalue weighted by atomic mass is 19.1. The van der Waals surface area contributed by atoms with Gasteiger partial charge in [-0.3, -0.25) is 4.98 Å². The minimum absolute atomic E-state index is 0.116. The van der Waals surface area contributed by atoms with E-state index in [-0.39, 0.29) is 11.9 Å². The maximum absolute atomic E-state index is 13.7. The fourth-order valence-electron chi connectivity index (χ4n) is 3.42. The first kappa shape index (κ1) is 16.5. The lowest BCUT2D eigenvalue weighted by Crippen LogP contribution is -2.44. The van der Waals surface area contributed by atoms with Gasteiger partial charge in [-0.05, 0) is 31.0 Å². The van der Waals surface area contributed by atoms with Crippen LogP contribution in [0.15, 0.2) is 36.5 Å². The normalized spacial score (nSPS) is 17.4. The average molecular weight is 350 g/mol. The van der Waals surface area contributed by atoms with E-state index in [0.29, 0.717) is 17.7 Å². The lowest BCUT2D eigenvalue weighted by molar-refractivity contribution is 0.495. The highest BCUT2D eigenvalue weighted by molar-refractivity contribution is 5.79. The number of nitrogens with two attached hydrogens (primary N) is 1. The lowest BCUT2D eigenvalue weighted by atomic mass is 10.1. The Balaban J connectivity index is 1.77. The van der Waals surface area contributed by atoms with Gasteiger partial charge in [-0.25, -0.2) is 14.2 Å². The van der Waals surface area contributed by atoms with Gasteiger partial charge in [0.2, 0.25) is 11.6 Å². The molecular weight excluding hydrogens is 331 g/mol. The molecule has 26 heavy (non-hydrogen) atoms. The van der Waals surface area contributed by atoms with Crippen molar-refractivity contribution in [2.24, 2.45) is 5.73 Å². The molecule has 1 aromatic carbocycles. The number of benzene rings is 1. The van der Waals surface area contributed by atoms with Gasteiger partial charge in [0, 0.05) is 31.4 Å². The van der Waals surface area contributed by atoms with E-state index in [9.17, 15) is 4.39 Å². The number of piperidine rings is 1. The molecule has 1 aliphatic heterocycles. The van der Waals surface area contributed by atoms with Crippen LogP contribution in [0.3, 0.4) is 0 Å². The van der Waals surface area contributed by atoms with Gasteiger partial charge in [-0.1, -0.05) is 6.07 Å². The molecule has 2 N–H and O–H groups in total. The number of hydrogen-bond donors (Lipinski definition) is 1. The van der Waals surface area contributed by atoms with Crippen molar-refractivity contribution >= 4 is 22.7 Å². The zero-order chi connectivity index (χ0) is 18.1. The molecular formula is C19H19FN6. The van der Waals surface area contributed by atoms with Crippen LogP contribution in [0.2, 0.25) is 0 Å². The maximum atomic E-state index is 13.7. The van der Waals surface area contributed by atoms with E-state index in [1.165, 1.54) is 12.1 Å². The Morgan fingerprint density at radius 3 is 2.92 bits per heavy atom. The van der Waals surface area contributed by atoms with Crippen LogP contribution in [-0.2, 0) is 6.54 Å². The molecule has 132 valence electrons. The third-order valence-corrected chi connectivity index (χ3v) is 4.69. The molecule has 3 heterocycles. The van der Waals surface area contributed by atoms with Crippen molar-refractivity contribution in [1.29, 1.82) is 0 Å². The van der Waals surface area contributed by atoms with E-state index >= 15 is 0 Å². The molecule has 0 spiro atoms. The van der Waals surface area contributed by atoms with Gasteiger partial charge in [-0.2, -0.15) is 0 Å². The summed E-state index contributed by atoms with van der Waals surface area (Å²) in [5, 5.41) is 0. The van der Waals surface area contributed by atoms with Crippen molar-refractivity contribution in [2.75, 3.05) is 18.0 Å². The Kier molecular flexibility index (Phi) is 4.27. The predicted molar refractivity (Wildman–Crippen MR) is 98.7 cm³/mol. The maximum Gasteiger partial charge on any atom is 0.206 e. The Hall–Kier alpha value is -2.98. The third kappa shape index (κ3) is 3.11. The number of anilines is 1. The zero-order valence-electron chi connectivity index (χ0n) is 14.3. The van der Waals surface area contributed by atoms with Crippen LogP contribution in [-0.4, -0.2) is 33.7 Å². The van der Waals surface area contributed by atoms with Gasteiger partial charge in [-0.15, -0.1) is 0 Å². The lowest BCUT2D eigenvalue weighted by Gasteiger charge is -2.32. The first-order chi connectivity index (χ1) is 12.6. The van der Waals surface area contributed by atoms with Crippen molar-refractivity contribution in [1.82, 2.24) is 14.5 Å². The van der Waals surface area contributed by atoms with E-state index in [0.717, 1.165) is 43.1 Å². The van der Waals surface area contributed by atoms with E-state index in [2.05, 4.69) is 19.7 Å². The largest absolute Gasteiger partial charge is 0.341 e. The number of hydrogen-bond acceptors (Lipinski definition) is 4. The highest BCUT2D eigenvalue weighted by Crippen LogP contribution is 2.26. The third-order valence-electron chi connectivity index (χ3n) is 4.69. The average Bonchev–Trinajstić information content (AvgIpc) is 3.00. The van der Waals surface area contributed by atoms with Gasteiger partial charge >= 0.3 is 0 Å². The first-order valence-corrected chi connectivity index (χ1v) is 8.63. The molecule has 3 aromatic rings. The SMILES string of the molecule is [C-]#[N+]c1ccc(Cn2c(N3CCC[C@H](N)C3)nc3cc(F)ccc32)nc1. The van der Waals surface area contributed by atoms with Crippen molar-refractivity contribution in [3.63, 3.8) is 0 Å².